The molecule has 2 N–H and O–H groups in total. The third-order valence-corrected chi connectivity index (χ3v) is 3.14. The van der Waals surface area contributed by atoms with Crippen molar-refractivity contribution in [1.29, 1.82) is 0 Å². The third-order valence-electron chi connectivity index (χ3n) is 2.51. The fraction of sp³-hybridized carbons (Fsp3) is 0.417. The summed E-state index contributed by atoms with van der Waals surface area (Å²) in [7, 11) is 1.62. The van der Waals surface area contributed by atoms with Gasteiger partial charge in [-0.15, -0.1) is 11.3 Å². The zero-order valence-electron chi connectivity index (χ0n) is 11.0. The Morgan fingerprint density at radius 1 is 1.21 bits per heavy atom. The highest BCUT2D eigenvalue weighted by atomic mass is 32.1. The van der Waals surface area contributed by atoms with Gasteiger partial charge in [-0.3, -0.25) is 0 Å². The van der Waals surface area contributed by atoms with Crippen molar-refractivity contribution < 1.29 is 4.74 Å². The first-order chi connectivity index (χ1) is 9.35. The number of rotatable bonds is 7. The minimum Gasteiger partial charge on any atom is -0.490 e. The second-order valence-corrected chi connectivity index (χ2v) is 4.51. The van der Waals surface area contributed by atoms with E-state index in [4.69, 9.17) is 4.74 Å². The molecule has 6 nitrogen and oxygen atoms in total. The number of ether oxygens (including phenoxy) is 1. The SMILES string of the molecule is CCNc1ncnc(NCCc2cscn2)c1OC. The highest BCUT2D eigenvalue weighted by Gasteiger charge is 2.10. The summed E-state index contributed by atoms with van der Waals surface area (Å²) in [5, 5.41) is 8.44. The Hall–Kier alpha value is -1.89. The van der Waals surface area contributed by atoms with Crippen LogP contribution in [0.5, 0.6) is 5.75 Å². The van der Waals surface area contributed by atoms with Gasteiger partial charge < -0.3 is 15.4 Å². The Kier molecular flexibility index (Phi) is 4.91. The van der Waals surface area contributed by atoms with E-state index < -0.39 is 0 Å². The van der Waals surface area contributed by atoms with Crippen LogP contribution in [0.4, 0.5) is 11.6 Å². The third kappa shape index (κ3) is 3.54. The van der Waals surface area contributed by atoms with Crippen molar-refractivity contribution in [2.24, 2.45) is 0 Å². The van der Waals surface area contributed by atoms with Gasteiger partial charge in [-0.05, 0) is 6.92 Å². The van der Waals surface area contributed by atoms with E-state index in [9.17, 15) is 0 Å². The van der Waals surface area contributed by atoms with Crippen LogP contribution < -0.4 is 15.4 Å². The molecule has 0 spiro atoms. The smallest absolute Gasteiger partial charge is 0.204 e. The molecule has 2 aromatic heterocycles. The van der Waals surface area contributed by atoms with Gasteiger partial charge in [-0.2, -0.15) is 0 Å². The topological polar surface area (TPSA) is 72.0 Å². The number of nitrogens with one attached hydrogen (secondary N) is 2. The van der Waals surface area contributed by atoms with Gasteiger partial charge in [0.1, 0.15) is 6.33 Å². The van der Waals surface area contributed by atoms with Gasteiger partial charge in [0.2, 0.25) is 5.75 Å². The lowest BCUT2D eigenvalue weighted by Crippen LogP contribution is -2.10. The van der Waals surface area contributed by atoms with Crippen LogP contribution in [0.25, 0.3) is 0 Å². The van der Waals surface area contributed by atoms with Gasteiger partial charge in [-0.25, -0.2) is 15.0 Å². The molecule has 19 heavy (non-hydrogen) atoms. The number of nitrogens with zero attached hydrogens (tertiary/aromatic N) is 3. The number of thiazole rings is 1. The van der Waals surface area contributed by atoms with Crippen LogP contribution in [0, 0.1) is 0 Å². The van der Waals surface area contributed by atoms with E-state index >= 15 is 0 Å². The van der Waals surface area contributed by atoms with Gasteiger partial charge in [0.05, 0.1) is 18.3 Å². The Labute approximate surface area is 116 Å². The summed E-state index contributed by atoms with van der Waals surface area (Å²) in [6, 6.07) is 0. The lowest BCUT2D eigenvalue weighted by Gasteiger charge is -2.13. The van der Waals surface area contributed by atoms with E-state index in [1.54, 1.807) is 18.4 Å². The molecule has 0 amide bonds. The summed E-state index contributed by atoms with van der Waals surface area (Å²) in [5.41, 5.74) is 2.92. The molecule has 0 bridgehead atoms. The average Bonchev–Trinajstić information content (AvgIpc) is 2.93. The highest BCUT2D eigenvalue weighted by molar-refractivity contribution is 7.07. The molecule has 2 heterocycles. The fourth-order valence-corrected chi connectivity index (χ4v) is 2.25. The molecule has 0 radical (unpaired) electrons. The predicted molar refractivity (Wildman–Crippen MR) is 77.1 cm³/mol. The summed E-state index contributed by atoms with van der Waals surface area (Å²) in [6.45, 7) is 3.55. The molecule has 102 valence electrons. The minimum absolute atomic E-state index is 0.641. The lowest BCUT2D eigenvalue weighted by atomic mass is 10.3. The minimum atomic E-state index is 0.641. The van der Waals surface area contributed by atoms with Crippen molar-refractivity contribution in [2.75, 3.05) is 30.8 Å². The maximum Gasteiger partial charge on any atom is 0.204 e. The predicted octanol–water partition coefficient (Wildman–Crippen LogP) is 2.03. The summed E-state index contributed by atoms with van der Waals surface area (Å²) < 4.78 is 5.35. The van der Waals surface area contributed by atoms with Crippen LogP contribution in [-0.2, 0) is 6.42 Å². The van der Waals surface area contributed by atoms with E-state index in [1.807, 2.05) is 17.8 Å². The Morgan fingerprint density at radius 3 is 2.63 bits per heavy atom. The van der Waals surface area contributed by atoms with Crippen molar-refractivity contribution in [2.45, 2.75) is 13.3 Å². The summed E-state index contributed by atoms with van der Waals surface area (Å²) in [6.07, 6.45) is 2.37. The average molecular weight is 279 g/mol. The molecule has 0 saturated heterocycles. The number of aromatic nitrogens is 3. The first kappa shape index (κ1) is 13.5. The van der Waals surface area contributed by atoms with E-state index in [-0.39, 0.29) is 0 Å². The molecule has 0 aliphatic heterocycles. The Bertz CT molecular complexity index is 503. The zero-order valence-corrected chi connectivity index (χ0v) is 11.8. The van der Waals surface area contributed by atoms with Crippen molar-refractivity contribution in [3.63, 3.8) is 0 Å². The van der Waals surface area contributed by atoms with E-state index in [1.165, 1.54) is 6.33 Å². The number of methoxy groups -OCH3 is 1. The standard InChI is InChI=1S/C12H17N5OS/c1-3-13-11-10(18-2)12(16-7-15-11)14-5-4-9-6-19-8-17-9/h6-8H,3-5H2,1-2H3,(H2,13,14,15,16). The normalized spacial score (nSPS) is 10.2. The highest BCUT2D eigenvalue weighted by Crippen LogP contribution is 2.28. The summed E-state index contributed by atoms with van der Waals surface area (Å²) >= 11 is 1.60. The van der Waals surface area contributed by atoms with Gasteiger partial charge in [0.25, 0.3) is 0 Å². The van der Waals surface area contributed by atoms with Crippen molar-refractivity contribution in [3.05, 3.63) is 22.9 Å². The molecular weight excluding hydrogens is 262 g/mol. The molecule has 0 aliphatic rings. The van der Waals surface area contributed by atoms with Crippen molar-refractivity contribution >= 4 is 23.0 Å². The molecule has 0 unspecified atom stereocenters. The molecule has 0 aliphatic carbocycles. The molecule has 2 rings (SSSR count). The largest absolute Gasteiger partial charge is 0.490 e. The molecule has 2 aromatic rings. The monoisotopic (exact) mass is 279 g/mol. The summed E-state index contributed by atoms with van der Waals surface area (Å²) in [4.78, 5) is 12.6. The van der Waals surface area contributed by atoms with Gasteiger partial charge in [0.15, 0.2) is 11.6 Å². The number of hydrogen-bond donors (Lipinski definition) is 2. The van der Waals surface area contributed by atoms with Crippen LogP contribution >= 0.6 is 11.3 Å². The Balaban J connectivity index is 2.00. The molecule has 0 fully saturated rings. The van der Waals surface area contributed by atoms with Gasteiger partial charge >= 0.3 is 0 Å². The number of anilines is 2. The van der Waals surface area contributed by atoms with E-state index in [0.29, 0.717) is 17.4 Å². The molecular formula is C12H17N5OS. The lowest BCUT2D eigenvalue weighted by molar-refractivity contribution is 0.414. The van der Waals surface area contributed by atoms with Gasteiger partial charge in [-0.1, -0.05) is 0 Å². The van der Waals surface area contributed by atoms with Crippen LogP contribution in [0.1, 0.15) is 12.6 Å². The molecule has 0 atom stereocenters. The first-order valence-electron chi connectivity index (χ1n) is 6.09. The van der Waals surface area contributed by atoms with Crippen LogP contribution in [0.3, 0.4) is 0 Å². The first-order valence-corrected chi connectivity index (χ1v) is 7.03. The van der Waals surface area contributed by atoms with Gasteiger partial charge in [0, 0.05) is 24.9 Å². The maximum absolute atomic E-state index is 5.35. The van der Waals surface area contributed by atoms with Crippen LogP contribution in [-0.4, -0.2) is 35.2 Å². The maximum atomic E-state index is 5.35. The number of hydrogen-bond acceptors (Lipinski definition) is 7. The second-order valence-electron chi connectivity index (χ2n) is 3.79. The van der Waals surface area contributed by atoms with Crippen molar-refractivity contribution in [1.82, 2.24) is 15.0 Å². The van der Waals surface area contributed by atoms with Crippen LogP contribution in [0.15, 0.2) is 17.2 Å². The zero-order chi connectivity index (χ0) is 13.5. The molecule has 7 heteroatoms. The second kappa shape index (κ2) is 6.89. The van der Waals surface area contributed by atoms with Crippen LogP contribution in [0.2, 0.25) is 0 Å². The molecule has 0 aromatic carbocycles. The van der Waals surface area contributed by atoms with Crippen molar-refractivity contribution in [3.8, 4) is 5.75 Å². The molecule has 0 saturated carbocycles. The fourth-order valence-electron chi connectivity index (χ4n) is 1.66. The van der Waals surface area contributed by atoms with E-state index in [2.05, 4.69) is 25.6 Å². The quantitative estimate of drug-likeness (QED) is 0.808. The summed E-state index contributed by atoms with van der Waals surface area (Å²) in [5.74, 6) is 2.04. The Morgan fingerprint density at radius 2 is 2.00 bits per heavy atom. The van der Waals surface area contributed by atoms with E-state index in [0.717, 1.165) is 25.2 Å².